The zero-order valence-electron chi connectivity index (χ0n) is 14.3. The molecule has 1 amide bonds. The highest BCUT2D eigenvalue weighted by Gasteiger charge is 2.08. The first kappa shape index (κ1) is 18.4. The van der Waals surface area contributed by atoms with E-state index in [9.17, 15) is 9.59 Å². The zero-order valence-corrected chi connectivity index (χ0v) is 15.1. The van der Waals surface area contributed by atoms with Gasteiger partial charge in [-0.05, 0) is 48.5 Å². The molecule has 0 bridgehead atoms. The normalized spacial score (nSPS) is 10.7. The van der Waals surface area contributed by atoms with Crippen LogP contribution in [0.25, 0.3) is 11.3 Å². The van der Waals surface area contributed by atoms with Crippen LogP contribution in [0.5, 0.6) is 0 Å². The third-order valence-electron chi connectivity index (χ3n) is 3.68. The van der Waals surface area contributed by atoms with Crippen LogP contribution in [-0.2, 0) is 4.74 Å². The highest BCUT2D eigenvalue weighted by molar-refractivity contribution is 6.30. The van der Waals surface area contributed by atoms with Gasteiger partial charge in [0.2, 0.25) is 0 Å². The number of amides is 1. The third-order valence-corrected chi connectivity index (χ3v) is 3.93. The molecule has 0 atom stereocenters. The van der Waals surface area contributed by atoms with Crippen LogP contribution in [0.4, 0.5) is 0 Å². The molecular weight excluding hydrogens is 368 g/mol. The molecule has 7 heteroatoms. The Labute approximate surface area is 160 Å². The Balaban J connectivity index is 1.63. The maximum atomic E-state index is 11.9. The van der Waals surface area contributed by atoms with Gasteiger partial charge in [0.15, 0.2) is 0 Å². The number of esters is 1. The molecule has 0 aliphatic rings. The van der Waals surface area contributed by atoms with Gasteiger partial charge in [0, 0.05) is 16.1 Å². The van der Waals surface area contributed by atoms with Gasteiger partial charge in [-0.25, -0.2) is 10.2 Å². The molecule has 0 radical (unpaired) electrons. The largest absolute Gasteiger partial charge is 0.465 e. The van der Waals surface area contributed by atoms with Crippen molar-refractivity contribution >= 4 is 29.7 Å². The van der Waals surface area contributed by atoms with E-state index in [1.165, 1.54) is 13.3 Å². The third kappa shape index (κ3) is 4.62. The average Bonchev–Trinajstić information content (AvgIpc) is 3.17. The van der Waals surface area contributed by atoms with Crippen LogP contribution >= 0.6 is 11.6 Å². The van der Waals surface area contributed by atoms with Gasteiger partial charge in [0.25, 0.3) is 5.91 Å². The molecule has 0 saturated heterocycles. The van der Waals surface area contributed by atoms with Gasteiger partial charge >= 0.3 is 5.97 Å². The monoisotopic (exact) mass is 382 g/mol. The van der Waals surface area contributed by atoms with Crippen molar-refractivity contribution in [3.63, 3.8) is 0 Å². The predicted octanol–water partition coefficient (Wildman–Crippen LogP) is 4.15. The summed E-state index contributed by atoms with van der Waals surface area (Å²) in [7, 11) is 1.33. The quantitative estimate of drug-likeness (QED) is 0.408. The molecule has 0 saturated carbocycles. The molecule has 1 N–H and O–H groups in total. The van der Waals surface area contributed by atoms with Crippen molar-refractivity contribution in [2.24, 2.45) is 5.10 Å². The Morgan fingerprint density at radius 1 is 1.00 bits per heavy atom. The molecule has 1 aromatic heterocycles. The van der Waals surface area contributed by atoms with E-state index in [1.807, 2.05) is 0 Å². The van der Waals surface area contributed by atoms with Crippen LogP contribution in [-0.4, -0.2) is 25.2 Å². The smallest absolute Gasteiger partial charge is 0.337 e. The summed E-state index contributed by atoms with van der Waals surface area (Å²) in [5.74, 6) is 0.327. The van der Waals surface area contributed by atoms with Gasteiger partial charge in [-0.15, -0.1) is 0 Å². The van der Waals surface area contributed by atoms with Crippen molar-refractivity contribution in [1.29, 1.82) is 0 Å². The van der Waals surface area contributed by atoms with Crippen molar-refractivity contribution in [2.75, 3.05) is 7.11 Å². The van der Waals surface area contributed by atoms with Gasteiger partial charge in [0.1, 0.15) is 11.5 Å². The number of nitrogens with zero attached hydrogens (tertiary/aromatic N) is 1. The van der Waals surface area contributed by atoms with Crippen molar-refractivity contribution in [3.8, 4) is 11.3 Å². The van der Waals surface area contributed by atoms with E-state index in [0.29, 0.717) is 27.7 Å². The molecule has 0 aliphatic carbocycles. The summed E-state index contributed by atoms with van der Waals surface area (Å²) in [6.07, 6.45) is 1.40. The number of rotatable bonds is 5. The molecular formula is C20H15ClN2O4. The van der Waals surface area contributed by atoms with Crippen molar-refractivity contribution in [3.05, 3.63) is 82.6 Å². The lowest BCUT2D eigenvalue weighted by Gasteiger charge is -2.00. The first-order valence-electron chi connectivity index (χ1n) is 7.94. The Morgan fingerprint density at radius 3 is 2.33 bits per heavy atom. The Hall–Kier alpha value is -3.38. The molecule has 27 heavy (non-hydrogen) atoms. The van der Waals surface area contributed by atoms with Gasteiger partial charge in [-0.3, -0.25) is 4.79 Å². The minimum atomic E-state index is -0.398. The minimum absolute atomic E-state index is 0.354. The summed E-state index contributed by atoms with van der Waals surface area (Å²) < 4.78 is 10.3. The van der Waals surface area contributed by atoms with E-state index in [4.69, 9.17) is 16.0 Å². The fourth-order valence-corrected chi connectivity index (χ4v) is 2.41. The summed E-state index contributed by atoms with van der Waals surface area (Å²) >= 11 is 5.79. The molecule has 0 aliphatic heterocycles. The van der Waals surface area contributed by atoms with Gasteiger partial charge in [0.05, 0.1) is 18.9 Å². The summed E-state index contributed by atoms with van der Waals surface area (Å²) in [4.78, 5) is 23.4. The topological polar surface area (TPSA) is 80.9 Å². The van der Waals surface area contributed by atoms with E-state index in [2.05, 4.69) is 15.3 Å². The number of hydrazone groups is 1. The lowest BCUT2D eigenvalue weighted by atomic mass is 10.1. The molecule has 0 unspecified atom stereocenters. The van der Waals surface area contributed by atoms with Crippen LogP contribution in [0.15, 0.2) is 70.2 Å². The highest BCUT2D eigenvalue weighted by atomic mass is 35.5. The molecule has 136 valence electrons. The molecule has 0 fully saturated rings. The van der Waals surface area contributed by atoms with Crippen LogP contribution in [0, 0.1) is 0 Å². The number of ether oxygens (including phenoxy) is 1. The summed E-state index contributed by atoms with van der Waals surface area (Å²) in [5, 5.41) is 4.44. The van der Waals surface area contributed by atoms with Gasteiger partial charge < -0.3 is 9.15 Å². The second-order valence-corrected chi connectivity index (χ2v) is 5.91. The SMILES string of the molecule is COC(=O)c1ccc(-c2ccc(/C=N\NC(=O)c3ccc(Cl)cc3)o2)cc1. The Morgan fingerprint density at radius 2 is 1.67 bits per heavy atom. The first-order valence-corrected chi connectivity index (χ1v) is 8.32. The summed E-state index contributed by atoms with van der Waals surface area (Å²) in [6.45, 7) is 0. The maximum Gasteiger partial charge on any atom is 0.337 e. The number of carbonyl (C=O) groups excluding carboxylic acids is 2. The van der Waals surface area contributed by atoms with Crippen LogP contribution < -0.4 is 5.43 Å². The lowest BCUT2D eigenvalue weighted by molar-refractivity contribution is 0.0600. The number of hydrogen-bond donors (Lipinski definition) is 1. The van der Waals surface area contributed by atoms with Gasteiger partial charge in [-0.1, -0.05) is 23.7 Å². The maximum absolute atomic E-state index is 11.9. The van der Waals surface area contributed by atoms with E-state index in [1.54, 1.807) is 60.7 Å². The van der Waals surface area contributed by atoms with Crippen molar-refractivity contribution in [1.82, 2.24) is 5.43 Å². The number of benzene rings is 2. The first-order chi connectivity index (χ1) is 13.1. The summed E-state index contributed by atoms with van der Waals surface area (Å²) in [5.41, 5.74) is 4.12. The van der Waals surface area contributed by atoms with Crippen LogP contribution in [0.1, 0.15) is 26.5 Å². The summed E-state index contributed by atoms with van der Waals surface area (Å²) in [6, 6.07) is 16.8. The predicted molar refractivity (Wildman–Crippen MR) is 102 cm³/mol. The highest BCUT2D eigenvalue weighted by Crippen LogP contribution is 2.22. The molecule has 3 rings (SSSR count). The van der Waals surface area contributed by atoms with E-state index >= 15 is 0 Å². The molecule has 0 spiro atoms. The standard InChI is InChI=1S/C20H15ClN2O4/c1-26-20(25)15-4-2-13(3-5-15)18-11-10-17(27-18)12-22-23-19(24)14-6-8-16(21)9-7-14/h2-12H,1H3,(H,23,24)/b22-12-. The van der Waals surface area contributed by atoms with Crippen molar-refractivity contribution < 1.29 is 18.7 Å². The minimum Gasteiger partial charge on any atom is -0.465 e. The van der Waals surface area contributed by atoms with Gasteiger partial charge in [-0.2, -0.15) is 5.10 Å². The second kappa shape index (κ2) is 8.33. The molecule has 2 aromatic carbocycles. The van der Waals surface area contributed by atoms with Crippen LogP contribution in [0.2, 0.25) is 5.02 Å². The number of halogens is 1. The Bertz CT molecular complexity index is 976. The van der Waals surface area contributed by atoms with E-state index in [0.717, 1.165) is 5.56 Å². The molecule has 1 heterocycles. The number of hydrogen-bond acceptors (Lipinski definition) is 5. The zero-order chi connectivity index (χ0) is 19.2. The Kier molecular flexibility index (Phi) is 5.68. The van der Waals surface area contributed by atoms with E-state index in [-0.39, 0.29) is 5.91 Å². The molecule has 3 aromatic rings. The lowest BCUT2D eigenvalue weighted by Crippen LogP contribution is -2.17. The number of furan rings is 1. The fourth-order valence-electron chi connectivity index (χ4n) is 2.29. The van der Waals surface area contributed by atoms with Crippen LogP contribution in [0.3, 0.4) is 0 Å². The number of carbonyl (C=O) groups is 2. The second-order valence-electron chi connectivity index (χ2n) is 5.48. The average molecular weight is 383 g/mol. The fraction of sp³-hybridized carbons (Fsp3) is 0.0500. The number of methoxy groups -OCH3 is 1. The van der Waals surface area contributed by atoms with E-state index < -0.39 is 5.97 Å². The number of nitrogens with one attached hydrogen (secondary N) is 1. The molecule has 6 nitrogen and oxygen atoms in total. The van der Waals surface area contributed by atoms with Crippen molar-refractivity contribution in [2.45, 2.75) is 0 Å².